The predicted octanol–water partition coefficient (Wildman–Crippen LogP) is 2.43. The number of methoxy groups -OCH3 is 1. The van der Waals surface area contributed by atoms with Crippen molar-refractivity contribution >= 4 is 21.9 Å². The first-order chi connectivity index (χ1) is 6.16. The molecule has 0 bridgehead atoms. The molecule has 0 saturated heterocycles. The van der Waals surface area contributed by atoms with Gasteiger partial charge in [-0.3, -0.25) is 4.79 Å². The lowest BCUT2D eigenvalue weighted by molar-refractivity contribution is -0.139. The highest BCUT2D eigenvalue weighted by Gasteiger charge is 2.20. The van der Waals surface area contributed by atoms with E-state index in [-0.39, 0.29) is 5.56 Å². The second-order valence-electron chi connectivity index (χ2n) is 2.41. The van der Waals surface area contributed by atoms with E-state index in [2.05, 4.69) is 20.7 Å². The molecule has 0 amide bonds. The summed E-state index contributed by atoms with van der Waals surface area (Å²) in [6.45, 7) is 0. The first-order valence-corrected chi connectivity index (χ1v) is 4.54. The van der Waals surface area contributed by atoms with Gasteiger partial charge >= 0.3 is 5.97 Å². The minimum absolute atomic E-state index is 0.286. The number of benzene rings is 1. The van der Waals surface area contributed by atoms with Gasteiger partial charge in [0.25, 0.3) is 0 Å². The van der Waals surface area contributed by atoms with Gasteiger partial charge in [-0.2, -0.15) is 0 Å². The zero-order valence-corrected chi connectivity index (χ0v) is 8.55. The van der Waals surface area contributed by atoms with E-state index < -0.39 is 16.6 Å². The molecule has 0 saturated carbocycles. The summed E-state index contributed by atoms with van der Waals surface area (Å²) in [5.41, 5.74) is 0.286. The molecule has 0 spiro atoms. The van der Waals surface area contributed by atoms with Crippen LogP contribution in [0.5, 0.6) is 0 Å². The maximum absolute atomic E-state index is 13.1. The highest BCUT2D eigenvalue weighted by atomic mass is 79.9. The van der Waals surface area contributed by atoms with Gasteiger partial charge in [-0.1, -0.05) is 34.1 Å². The number of esters is 1. The van der Waals surface area contributed by atoms with Crippen LogP contribution in [0, 0.1) is 5.82 Å². The first-order valence-electron chi connectivity index (χ1n) is 3.63. The first kappa shape index (κ1) is 10.2. The van der Waals surface area contributed by atoms with Gasteiger partial charge in [0.1, 0.15) is 10.6 Å². The summed E-state index contributed by atoms with van der Waals surface area (Å²) < 4.78 is 17.6. The summed E-state index contributed by atoms with van der Waals surface area (Å²) >= 11 is 3.05. The highest BCUT2D eigenvalue weighted by Crippen LogP contribution is 2.25. The molecule has 0 aliphatic carbocycles. The van der Waals surface area contributed by atoms with Crippen LogP contribution >= 0.6 is 15.9 Å². The minimum atomic E-state index is -0.737. The zero-order chi connectivity index (χ0) is 9.84. The SMILES string of the molecule is COC(=O)C(Br)c1ccccc1F. The number of hydrogen-bond acceptors (Lipinski definition) is 2. The summed E-state index contributed by atoms with van der Waals surface area (Å²) in [7, 11) is 1.26. The van der Waals surface area contributed by atoms with Gasteiger partial charge in [0, 0.05) is 5.56 Å². The minimum Gasteiger partial charge on any atom is -0.468 e. The third kappa shape index (κ3) is 2.28. The van der Waals surface area contributed by atoms with Crippen molar-refractivity contribution in [3.63, 3.8) is 0 Å². The molecule has 0 fully saturated rings. The Balaban J connectivity index is 2.95. The number of ether oxygens (including phenoxy) is 1. The van der Waals surface area contributed by atoms with Gasteiger partial charge in [-0.15, -0.1) is 0 Å². The van der Waals surface area contributed by atoms with Crippen LogP contribution in [0.1, 0.15) is 10.4 Å². The van der Waals surface area contributed by atoms with E-state index in [1.807, 2.05) is 0 Å². The maximum Gasteiger partial charge on any atom is 0.324 e. The molecule has 1 unspecified atom stereocenters. The Morgan fingerprint density at radius 1 is 1.54 bits per heavy atom. The largest absolute Gasteiger partial charge is 0.468 e. The summed E-state index contributed by atoms with van der Waals surface area (Å²) in [6.07, 6.45) is 0. The van der Waals surface area contributed by atoms with Crippen LogP contribution in [0.4, 0.5) is 4.39 Å². The molecule has 1 aromatic rings. The molecule has 0 radical (unpaired) electrons. The Labute approximate surface area is 83.8 Å². The van der Waals surface area contributed by atoms with E-state index in [1.54, 1.807) is 12.1 Å². The summed E-state index contributed by atoms with van der Waals surface area (Å²) in [6, 6.07) is 6.06. The van der Waals surface area contributed by atoms with Gasteiger partial charge in [0.2, 0.25) is 0 Å². The van der Waals surface area contributed by atoms with Crippen molar-refractivity contribution in [2.45, 2.75) is 4.83 Å². The van der Waals surface area contributed by atoms with Crippen LogP contribution in [0.25, 0.3) is 0 Å². The average molecular weight is 247 g/mol. The van der Waals surface area contributed by atoms with Crippen LogP contribution in [-0.2, 0) is 9.53 Å². The van der Waals surface area contributed by atoms with Gasteiger partial charge in [0.15, 0.2) is 0 Å². The van der Waals surface area contributed by atoms with Crippen LogP contribution in [-0.4, -0.2) is 13.1 Å². The molecule has 1 rings (SSSR count). The van der Waals surface area contributed by atoms with E-state index in [1.165, 1.54) is 19.2 Å². The quantitative estimate of drug-likeness (QED) is 0.592. The van der Waals surface area contributed by atoms with Gasteiger partial charge in [-0.25, -0.2) is 4.39 Å². The predicted molar refractivity (Wildman–Crippen MR) is 50.1 cm³/mol. The standard InChI is InChI=1S/C9H8BrFO2/c1-13-9(12)8(10)6-4-2-3-5-7(6)11/h2-5,8H,1H3. The van der Waals surface area contributed by atoms with Crippen LogP contribution < -0.4 is 0 Å². The topological polar surface area (TPSA) is 26.3 Å². The molecule has 0 aliphatic heterocycles. The molecule has 70 valence electrons. The van der Waals surface area contributed by atoms with Gasteiger partial charge < -0.3 is 4.74 Å². The van der Waals surface area contributed by atoms with E-state index in [4.69, 9.17) is 0 Å². The third-order valence-electron chi connectivity index (χ3n) is 1.59. The molecule has 13 heavy (non-hydrogen) atoms. The Morgan fingerprint density at radius 2 is 2.15 bits per heavy atom. The maximum atomic E-state index is 13.1. The number of carbonyl (C=O) groups excluding carboxylic acids is 1. The number of carbonyl (C=O) groups is 1. The fourth-order valence-corrected chi connectivity index (χ4v) is 1.47. The van der Waals surface area contributed by atoms with Crippen molar-refractivity contribution in [2.75, 3.05) is 7.11 Å². The average Bonchev–Trinajstić information content (AvgIpc) is 2.16. The summed E-state index contributed by atoms with van der Waals surface area (Å²) in [5.74, 6) is -0.931. The molecule has 1 atom stereocenters. The van der Waals surface area contributed by atoms with E-state index >= 15 is 0 Å². The molecule has 0 N–H and O–H groups in total. The van der Waals surface area contributed by atoms with Crippen LogP contribution in [0.15, 0.2) is 24.3 Å². The fourth-order valence-electron chi connectivity index (χ4n) is 0.911. The lowest BCUT2D eigenvalue weighted by atomic mass is 10.1. The number of hydrogen-bond donors (Lipinski definition) is 0. The fraction of sp³-hybridized carbons (Fsp3) is 0.222. The second kappa shape index (κ2) is 4.37. The van der Waals surface area contributed by atoms with E-state index in [9.17, 15) is 9.18 Å². The van der Waals surface area contributed by atoms with Crippen LogP contribution in [0.3, 0.4) is 0 Å². The van der Waals surface area contributed by atoms with E-state index in [0.717, 1.165) is 0 Å². The molecule has 2 nitrogen and oxygen atoms in total. The Bertz CT molecular complexity index is 314. The van der Waals surface area contributed by atoms with Crippen molar-refractivity contribution in [3.8, 4) is 0 Å². The molecule has 4 heteroatoms. The Kier molecular flexibility index (Phi) is 3.42. The van der Waals surface area contributed by atoms with Crippen LogP contribution in [0.2, 0.25) is 0 Å². The van der Waals surface area contributed by atoms with Gasteiger partial charge in [0.05, 0.1) is 7.11 Å². The highest BCUT2D eigenvalue weighted by molar-refractivity contribution is 9.09. The molecule has 1 aromatic carbocycles. The van der Waals surface area contributed by atoms with Crippen molar-refractivity contribution in [1.29, 1.82) is 0 Å². The van der Waals surface area contributed by atoms with Crippen molar-refractivity contribution in [3.05, 3.63) is 35.6 Å². The lowest BCUT2D eigenvalue weighted by Crippen LogP contribution is -2.09. The summed E-state index contributed by atoms with van der Waals surface area (Å²) in [4.78, 5) is 10.3. The molecule has 0 aromatic heterocycles. The van der Waals surface area contributed by atoms with Gasteiger partial charge in [-0.05, 0) is 6.07 Å². The number of halogens is 2. The van der Waals surface area contributed by atoms with E-state index in [0.29, 0.717) is 0 Å². The smallest absolute Gasteiger partial charge is 0.324 e. The molecular formula is C9H8BrFO2. The molecule has 0 heterocycles. The second-order valence-corrected chi connectivity index (χ2v) is 3.32. The molecular weight excluding hydrogens is 239 g/mol. The lowest BCUT2D eigenvalue weighted by Gasteiger charge is -2.07. The molecule has 0 aliphatic rings. The van der Waals surface area contributed by atoms with Crippen molar-refractivity contribution < 1.29 is 13.9 Å². The zero-order valence-electron chi connectivity index (χ0n) is 6.96. The normalized spacial score (nSPS) is 12.2. The monoisotopic (exact) mass is 246 g/mol. The third-order valence-corrected chi connectivity index (χ3v) is 2.45. The Morgan fingerprint density at radius 3 is 2.69 bits per heavy atom. The van der Waals surface area contributed by atoms with Crippen molar-refractivity contribution in [1.82, 2.24) is 0 Å². The van der Waals surface area contributed by atoms with Crippen molar-refractivity contribution in [2.24, 2.45) is 0 Å². The Hall–Kier alpha value is -0.900. The number of rotatable bonds is 2. The number of alkyl halides is 1. The summed E-state index contributed by atoms with van der Waals surface area (Å²) in [5, 5.41) is 0.